The highest BCUT2D eigenvalue weighted by atomic mass is 19.1. The van der Waals surface area contributed by atoms with Crippen LogP contribution in [0.4, 0.5) is 10.2 Å². The standard InChI is InChI=1S/C33H33FN4O3/c34-25-6-3-5-22(15-25)19-35-32-18-28(33(39)38-14-4-7-26(38)20-37-12-1-2-13-37)27-16-23(8-10-29(27)36-32)24-9-11-30-31(17-24)41-21-40-30/h3,5-6,8-11,15-18,26H,1-2,4,7,12-14,19-21H2,(H,35,36)/t26-/m0/s1. The van der Waals surface area contributed by atoms with Gasteiger partial charge < -0.3 is 24.6 Å². The maximum absolute atomic E-state index is 14.3. The molecule has 8 heteroatoms. The molecule has 0 radical (unpaired) electrons. The first-order chi connectivity index (χ1) is 20.1. The predicted molar refractivity (Wildman–Crippen MR) is 157 cm³/mol. The molecule has 3 aliphatic heterocycles. The Labute approximate surface area is 238 Å². The molecule has 1 atom stereocenters. The van der Waals surface area contributed by atoms with Crippen molar-refractivity contribution in [3.63, 3.8) is 0 Å². The largest absolute Gasteiger partial charge is 0.454 e. The molecule has 1 N–H and O–H groups in total. The SMILES string of the molecule is O=C(c1cc(NCc2cccc(F)c2)nc2ccc(-c3ccc4c(c3)OCO4)cc12)N1CCC[C@H]1CN1CCCC1. The Hall–Kier alpha value is -4.17. The van der Waals surface area contributed by atoms with Crippen LogP contribution < -0.4 is 14.8 Å². The normalized spacial score (nSPS) is 18.4. The smallest absolute Gasteiger partial charge is 0.254 e. The summed E-state index contributed by atoms with van der Waals surface area (Å²) >= 11 is 0. The van der Waals surface area contributed by atoms with Crippen LogP contribution in [-0.2, 0) is 6.54 Å². The molecule has 210 valence electrons. The second-order valence-electron chi connectivity index (χ2n) is 11.1. The molecule has 3 aliphatic rings. The molecule has 7 rings (SSSR count). The van der Waals surface area contributed by atoms with Crippen LogP contribution in [-0.4, -0.2) is 59.7 Å². The third-order valence-corrected chi connectivity index (χ3v) is 8.41. The van der Waals surface area contributed by atoms with E-state index in [1.54, 1.807) is 6.07 Å². The zero-order valence-electron chi connectivity index (χ0n) is 22.9. The van der Waals surface area contributed by atoms with Gasteiger partial charge >= 0.3 is 0 Å². The number of anilines is 1. The number of rotatable bonds is 7. The van der Waals surface area contributed by atoms with Crippen LogP contribution in [0.25, 0.3) is 22.0 Å². The Kier molecular flexibility index (Phi) is 6.92. The molecule has 1 amide bonds. The second-order valence-corrected chi connectivity index (χ2v) is 11.1. The number of carbonyl (C=O) groups excluding carboxylic acids is 1. The maximum atomic E-state index is 14.3. The van der Waals surface area contributed by atoms with Crippen molar-refractivity contribution in [1.82, 2.24) is 14.8 Å². The molecule has 1 aromatic heterocycles. The quantitative estimate of drug-likeness (QED) is 0.300. The predicted octanol–water partition coefficient (Wildman–Crippen LogP) is 6.08. The van der Waals surface area contributed by atoms with E-state index in [1.165, 1.54) is 25.0 Å². The van der Waals surface area contributed by atoms with Gasteiger partial charge in [0.05, 0.1) is 11.1 Å². The number of fused-ring (bicyclic) bond motifs is 2. The van der Waals surface area contributed by atoms with Crippen LogP contribution in [0.2, 0.25) is 0 Å². The lowest BCUT2D eigenvalue weighted by atomic mass is 9.99. The summed E-state index contributed by atoms with van der Waals surface area (Å²) < 4.78 is 24.9. The first kappa shape index (κ1) is 25.8. The summed E-state index contributed by atoms with van der Waals surface area (Å²) in [6, 6.07) is 20.5. The van der Waals surface area contributed by atoms with Crippen LogP contribution >= 0.6 is 0 Å². The summed E-state index contributed by atoms with van der Waals surface area (Å²) in [6.07, 6.45) is 4.51. The average molecular weight is 553 g/mol. The lowest BCUT2D eigenvalue weighted by Gasteiger charge is -2.29. The zero-order valence-corrected chi connectivity index (χ0v) is 22.9. The van der Waals surface area contributed by atoms with Gasteiger partial charge in [-0.3, -0.25) is 4.79 Å². The van der Waals surface area contributed by atoms with Crippen LogP contribution in [0.15, 0.2) is 66.7 Å². The summed E-state index contributed by atoms with van der Waals surface area (Å²) in [5.74, 6) is 1.81. The van der Waals surface area contributed by atoms with E-state index in [0.717, 1.165) is 78.1 Å². The van der Waals surface area contributed by atoms with Crippen LogP contribution in [0, 0.1) is 5.82 Å². The Morgan fingerprint density at radius 1 is 0.927 bits per heavy atom. The number of aromatic nitrogens is 1. The fourth-order valence-corrected chi connectivity index (χ4v) is 6.30. The Balaban J connectivity index is 1.25. The van der Waals surface area contributed by atoms with Gasteiger partial charge in [-0.05, 0) is 97.9 Å². The van der Waals surface area contributed by atoms with Crippen LogP contribution in [0.3, 0.4) is 0 Å². The molecule has 2 fully saturated rings. The first-order valence-electron chi connectivity index (χ1n) is 14.5. The van der Waals surface area contributed by atoms with E-state index in [2.05, 4.69) is 21.2 Å². The molecule has 0 bridgehead atoms. The van der Waals surface area contributed by atoms with E-state index in [9.17, 15) is 9.18 Å². The van der Waals surface area contributed by atoms with Gasteiger partial charge in [0.25, 0.3) is 5.91 Å². The minimum absolute atomic E-state index is 0.0377. The molecule has 2 saturated heterocycles. The molecule has 7 nitrogen and oxygen atoms in total. The van der Waals surface area contributed by atoms with Gasteiger partial charge in [0.15, 0.2) is 11.5 Å². The number of nitrogens with zero attached hydrogens (tertiary/aromatic N) is 3. The summed E-state index contributed by atoms with van der Waals surface area (Å²) in [7, 11) is 0. The number of pyridine rings is 1. The van der Waals surface area contributed by atoms with Crippen molar-refractivity contribution in [2.45, 2.75) is 38.3 Å². The number of hydrogen-bond donors (Lipinski definition) is 1. The van der Waals surface area contributed by atoms with Gasteiger partial charge in [-0.2, -0.15) is 0 Å². The van der Waals surface area contributed by atoms with Crippen LogP contribution in [0.1, 0.15) is 41.6 Å². The Morgan fingerprint density at radius 2 is 1.76 bits per heavy atom. The number of benzene rings is 3. The first-order valence-corrected chi connectivity index (χ1v) is 14.5. The van der Waals surface area contributed by atoms with E-state index in [1.807, 2.05) is 42.5 Å². The molecule has 41 heavy (non-hydrogen) atoms. The average Bonchev–Trinajstić information content (AvgIpc) is 3.78. The monoisotopic (exact) mass is 552 g/mol. The maximum Gasteiger partial charge on any atom is 0.254 e. The van der Waals surface area contributed by atoms with Gasteiger partial charge in [-0.15, -0.1) is 0 Å². The Morgan fingerprint density at radius 3 is 2.63 bits per heavy atom. The number of amides is 1. The Bertz CT molecular complexity index is 1600. The van der Waals surface area contributed by atoms with Gasteiger partial charge in [0, 0.05) is 31.1 Å². The minimum Gasteiger partial charge on any atom is -0.454 e. The molecular formula is C33H33FN4O3. The number of ether oxygens (including phenoxy) is 2. The molecule has 0 aliphatic carbocycles. The molecule has 4 heterocycles. The van der Waals surface area contributed by atoms with E-state index in [4.69, 9.17) is 14.5 Å². The molecule has 3 aromatic carbocycles. The highest BCUT2D eigenvalue weighted by Gasteiger charge is 2.32. The second kappa shape index (κ2) is 11.0. The fourth-order valence-electron chi connectivity index (χ4n) is 6.30. The van der Waals surface area contributed by atoms with E-state index in [-0.39, 0.29) is 24.6 Å². The summed E-state index contributed by atoms with van der Waals surface area (Å²) in [5.41, 5.74) is 4.13. The topological polar surface area (TPSA) is 66.9 Å². The van der Waals surface area contributed by atoms with E-state index in [0.29, 0.717) is 17.9 Å². The van der Waals surface area contributed by atoms with Gasteiger partial charge in [-0.1, -0.05) is 24.3 Å². The van der Waals surface area contributed by atoms with Crippen molar-refractivity contribution in [1.29, 1.82) is 0 Å². The van der Waals surface area contributed by atoms with Crippen molar-refractivity contribution < 1.29 is 18.7 Å². The minimum atomic E-state index is -0.277. The van der Waals surface area contributed by atoms with Gasteiger partial charge in [-0.25, -0.2) is 9.37 Å². The van der Waals surface area contributed by atoms with Crippen molar-refractivity contribution in [2.75, 3.05) is 38.3 Å². The molecule has 4 aromatic rings. The summed E-state index contributed by atoms with van der Waals surface area (Å²) in [4.78, 5) is 23.7. The number of nitrogens with one attached hydrogen (secondary N) is 1. The van der Waals surface area contributed by atoms with Crippen molar-refractivity contribution in [2.24, 2.45) is 0 Å². The number of likely N-dealkylation sites (tertiary alicyclic amines) is 2. The molecule has 0 unspecified atom stereocenters. The third kappa shape index (κ3) is 5.32. The number of carbonyl (C=O) groups is 1. The van der Waals surface area contributed by atoms with Gasteiger partial charge in [0.1, 0.15) is 11.6 Å². The molecule has 0 spiro atoms. The summed E-state index contributed by atoms with van der Waals surface area (Å²) in [6.45, 7) is 4.55. The number of hydrogen-bond acceptors (Lipinski definition) is 6. The van der Waals surface area contributed by atoms with Crippen molar-refractivity contribution in [3.05, 3.63) is 83.7 Å². The lowest BCUT2D eigenvalue weighted by Crippen LogP contribution is -2.42. The third-order valence-electron chi connectivity index (χ3n) is 8.41. The zero-order chi connectivity index (χ0) is 27.8. The number of halogens is 1. The lowest BCUT2D eigenvalue weighted by molar-refractivity contribution is 0.0710. The highest BCUT2D eigenvalue weighted by molar-refractivity contribution is 6.08. The van der Waals surface area contributed by atoms with Crippen molar-refractivity contribution in [3.8, 4) is 22.6 Å². The highest BCUT2D eigenvalue weighted by Crippen LogP contribution is 2.37. The van der Waals surface area contributed by atoms with E-state index < -0.39 is 0 Å². The van der Waals surface area contributed by atoms with Crippen LogP contribution in [0.5, 0.6) is 11.5 Å². The molecular weight excluding hydrogens is 519 g/mol. The van der Waals surface area contributed by atoms with E-state index >= 15 is 0 Å². The fraction of sp³-hybridized carbons (Fsp3) is 0.333. The molecule has 0 saturated carbocycles. The summed E-state index contributed by atoms with van der Waals surface area (Å²) in [5, 5.41) is 4.14. The van der Waals surface area contributed by atoms with Gasteiger partial charge in [0.2, 0.25) is 6.79 Å². The van der Waals surface area contributed by atoms with Crippen molar-refractivity contribution >= 4 is 22.6 Å².